The van der Waals surface area contributed by atoms with Crippen LogP contribution in [0.1, 0.15) is 38.2 Å². The normalized spacial score (nSPS) is 14.1. The maximum Gasteiger partial charge on any atom is 0.238 e. The van der Waals surface area contributed by atoms with Gasteiger partial charge in [0, 0.05) is 5.69 Å². The number of rotatable bonds is 5. The van der Waals surface area contributed by atoms with Gasteiger partial charge in [0.05, 0.1) is 22.8 Å². The number of unbranched alkanes of at least 4 members (excludes halogenated alkanes) is 2. The van der Waals surface area contributed by atoms with Crippen molar-refractivity contribution in [3.8, 4) is 0 Å². The average molecular weight is 338 g/mol. The van der Waals surface area contributed by atoms with E-state index in [4.69, 9.17) is 12.2 Å². The number of fused-ring (bicyclic) bond motifs is 1. The van der Waals surface area contributed by atoms with E-state index in [0.717, 1.165) is 23.5 Å². The third-order valence-electron chi connectivity index (χ3n) is 4.22. The first-order valence-corrected chi connectivity index (χ1v) is 8.90. The molecule has 0 atom stereocenters. The predicted molar refractivity (Wildman–Crippen MR) is 104 cm³/mol. The summed E-state index contributed by atoms with van der Waals surface area (Å²) < 4.78 is 0. The van der Waals surface area contributed by atoms with E-state index in [1.165, 1.54) is 24.8 Å². The second-order valence-electron chi connectivity index (χ2n) is 6.10. The van der Waals surface area contributed by atoms with Crippen LogP contribution in [-0.2, 0) is 11.2 Å². The number of nitrogens with one attached hydrogen (secondary N) is 1. The molecule has 0 radical (unpaired) electrons. The Morgan fingerprint density at radius 2 is 1.92 bits per heavy atom. The molecule has 0 spiro atoms. The number of amides is 1. The summed E-state index contributed by atoms with van der Waals surface area (Å²) in [6.07, 6.45) is 4.85. The van der Waals surface area contributed by atoms with Crippen LogP contribution in [0.3, 0.4) is 0 Å². The zero-order valence-corrected chi connectivity index (χ0v) is 14.7. The molecule has 1 amide bonds. The van der Waals surface area contributed by atoms with Gasteiger partial charge in [-0.15, -0.1) is 0 Å². The topological polar surface area (TPSA) is 32.3 Å². The average Bonchev–Trinajstić information content (AvgIpc) is 2.70. The Kier molecular flexibility index (Phi) is 5.26. The number of anilines is 3. The summed E-state index contributed by atoms with van der Waals surface area (Å²) in [5.41, 5.74) is 3.92. The molecule has 0 fully saturated rings. The Hall–Kier alpha value is -2.20. The molecular weight excluding hydrogens is 316 g/mol. The SMILES string of the molecule is CCCCCc1ccc2c(c1)N(c1ccccc1)C(=O)CC(=S)N2. The van der Waals surface area contributed by atoms with E-state index in [2.05, 4.69) is 24.4 Å². The standard InChI is InChI=1S/C20H22N2OS/c1-2-3-5-8-15-11-12-17-18(13-15)22(16-9-6-4-7-10-16)20(23)14-19(24)21-17/h4,6-7,9-13H,2-3,5,8,14H2,1H3,(H,21,24). The Balaban J connectivity index is 2.02. The van der Waals surface area contributed by atoms with Crippen molar-refractivity contribution in [1.29, 1.82) is 0 Å². The highest BCUT2D eigenvalue weighted by atomic mass is 32.1. The lowest BCUT2D eigenvalue weighted by Crippen LogP contribution is -2.26. The lowest BCUT2D eigenvalue weighted by molar-refractivity contribution is -0.116. The van der Waals surface area contributed by atoms with Gasteiger partial charge in [0.15, 0.2) is 0 Å². The maximum atomic E-state index is 12.8. The summed E-state index contributed by atoms with van der Waals surface area (Å²) in [7, 11) is 0. The van der Waals surface area contributed by atoms with E-state index in [-0.39, 0.29) is 12.3 Å². The molecule has 1 heterocycles. The molecule has 1 aliphatic heterocycles. The van der Waals surface area contributed by atoms with E-state index >= 15 is 0 Å². The monoisotopic (exact) mass is 338 g/mol. The van der Waals surface area contributed by atoms with Crippen molar-refractivity contribution in [2.75, 3.05) is 10.2 Å². The first-order chi connectivity index (χ1) is 11.7. The quantitative estimate of drug-likeness (QED) is 0.599. The lowest BCUT2D eigenvalue weighted by Gasteiger charge is -2.23. The molecule has 24 heavy (non-hydrogen) atoms. The fourth-order valence-corrected chi connectivity index (χ4v) is 3.24. The molecule has 4 heteroatoms. The molecule has 124 valence electrons. The Morgan fingerprint density at radius 1 is 1.12 bits per heavy atom. The zero-order chi connectivity index (χ0) is 16.9. The molecule has 1 N–H and O–H groups in total. The van der Waals surface area contributed by atoms with Crippen LogP contribution in [0.2, 0.25) is 0 Å². The van der Waals surface area contributed by atoms with Crippen LogP contribution in [0, 0.1) is 0 Å². The molecule has 0 aromatic heterocycles. The molecule has 3 nitrogen and oxygen atoms in total. The Morgan fingerprint density at radius 3 is 2.67 bits per heavy atom. The number of aryl methyl sites for hydroxylation is 1. The van der Waals surface area contributed by atoms with Crippen molar-refractivity contribution in [1.82, 2.24) is 0 Å². The first-order valence-electron chi connectivity index (χ1n) is 8.50. The maximum absolute atomic E-state index is 12.8. The number of thiocarbonyl (C=S) groups is 1. The highest BCUT2D eigenvalue weighted by molar-refractivity contribution is 7.80. The third kappa shape index (κ3) is 3.65. The van der Waals surface area contributed by atoms with Crippen LogP contribution in [-0.4, -0.2) is 10.9 Å². The van der Waals surface area contributed by atoms with Crippen molar-refractivity contribution < 1.29 is 4.79 Å². The number of nitrogens with zero attached hydrogens (tertiary/aromatic N) is 1. The van der Waals surface area contributed by atoms with Crippen LogP contribution >= 0.6 is 12.2 Å². The predicted octanol–water partition coefficient (Wildman–Crippen LogP) is 5.23. The van der Waals surface area contributed by atoms with Crippen molar-refractivity contribution in [2.45, 2.75) is 39.0 Å². The van der Waals surface area contributed by atoms with E-state index in [1.54, 1.807) is 4.90 Å². The molecule has 2 aromatic carbocycles. The fraction of sp³-hybridized carbons (Fsp3) is 0.300. The molecular formula is C20H22N2OS. The summed E-state index contributed by atoms with van der Waals surface area (Å²) in [4.78, 5) is 15.1. The van der Waals surface area contributed by atoms with Gasteiger partial charge < -0.3 is 5.32 Å². The van der Waals surface area contributed by atoms with Gasteiger partial charge in [0.25, 0.3) is 0 Å². The third-order valence-corrected chi connectivity index (χ3v) is 4.47. The largest absolute Gasteiger partial charge is 0.348 e. The molecule has 0 bridgehead atoms. The summed E-state index contributed by atoms with van der Waals surface area (Å²) in [6.45, 7) is 2.21. The number of carbonyl (C=O) groups is 1. The van der Waals surface area contributed by atoms with Gasteiger partial charge in [-0.1, -0.05) is 56.2 Å². The highest BCUT2D eigenvalue weighted by Gasteiger charge is 2.26. The number of para-hydroxylation sites is 1. The minimum atomic E-state index is 0.00292. The molecule has 0 aliphatic carbocycles. The smallest absolute Gasteiger partial charge is 0.238 e. The van der Waals surface area contributed by atoms with Crippen molar-refractivity contribution >= 4 is 40.2 Å². The van der Waals surface area contributed by atoms with Gasteiger partial charge in [0.1, 0.15) is 0 Å². The molecule has 3 rings (SSSR count). The van der Waals surface area contributed by atoms with Crippen molar-refractivity contribution in [3.05, 3.63) is 54.1 Å². The zero-order valence-electron chi connectivity index (χ0n) is 13.9. The van der Waals surface area contributed by atoms with Gasteiger partial charge in [-0.05, 0) is 42.7 Å². The highest BCUT2D eigenvalue weighted by Crippen LogP contribution is 2.36. The number of hydrogen-bond donors (Lipinski definition) is 1. The van der Waals surface area contributed by atoms with Gasteiger partial charge in [-0.25, -0.2) is 0 Å². The summed E-state index contributed by atoms with van der Waals surface area (Å²) in [5.74, 6) is 0.00292. The number of benzene rings is 2. The van der Waals surface area contributed by atoms with Crippen LogP contribution in [0.4, 0.5) is 17.1 Å². The van der Waals surface area contributed by atoms with Gasteiger partial charge in [-0.2, -0.15) is 0 Å². The molecule has 2 aromatic rings. The van der Waals surface area contributed by atoms with E-state index in [0.29, 0.717) is 4.99 Å². The summed E-state index contributed by atoms with van der Waals surface area (Å²) in [6, 6.07) is 16.1. The number of hydrogen-bond acceptors (Lipinski definition) is 2. The van der Waals surface area contributed by atoms with E-state index in [1.807, 2.05) is 36.4 Å². The lowest BCUT2D eigenvalue weighted by atomic mass is 10.0. The second-order valence-corrected chi connectivity index (χ2v) is 6.59. The Bertz CT molecular complexity index is 743. The molecule has 0 saturated heterocycles. The van der Waals surface area contributed by atoms with Gasteiger partial charge >= 0.3 is 0 Å². The minimum absolute atomic E-state index is 0.00292. The summed E-state index contributed by atoms with van der Waals surface area (Å²) in [5, 5.41) is 3.22. The van der Waals surface area contributed by atoms with Crippen molar-refractivity contribution in [3.63, 3.8) is 0 Å². The van der Waals surface area contributed by atoms with E-state index in [9.17, 15) is 4.79 Å². The minimum Gasteiger partial charge on any atom is -0.348 e. The van der Waals surface area contributed by atoms with Crippen LogP contribution in [0.15, 0.2) is 48.5 Å². The fourth-order valence-electron chi connectivity index (χ4n) is 3.01. The molecule has 0 unspecified atom stereocenters. The first kappa shape index (κ1) is 16.7. The number of carbonyl (C=O) groups excluding carboxylic acids is 1. The van der Waals surface area contributed by atoms with Crippen LogP contribution < -0.4 is 10.2 Å². The van der Waals surface area contributed by atoms with Crippen LogP contribution in [0.25, 0.3) is 0 Å². The summed E-state index contributed by atoms with van der Waals surface area (Å²) >= 11 is 5.31. The molecule has 0 saturated carbocycles. The Labute approximate surface area is 148 Å². The second kappa shape index (κ2) is 7.58. The van der Waals surface area contributed by atoms with Gasteiger partial charge in [-0.3, -0.25) is 9.69 Å². The van der Waals surface area contributed by atoms with E-state index < -0.39 is 0 Å². The molecule has 1 aliphatic rings. The van der Waals surface area contributed by atoms with Crippen LogP contribution in [0.5, 0.6) is 0 Å². The van der Waals surface area contributed by atoms with Gasteiger partial charge in [0.2, 0.25) is 5.91 Å². The van der Waals surface area contributed by atoms with Crippen molar-refractivity contribution in [2.24, 2.45) is 0 Å².